The largest absolute Gasteiger partial charge is 0.390 e. The van der Waals surface area contributed by atoms with E-state index in [9.17, 15) is 0 Å². The van der Waals surface area contributed by atoms with Crippen LogP contribution in [0.3, 0.4) is 0 Å². The summed E-state index contributed by atoms with van der Waals surface area (Å²) in [6, 6.07) is 6.17. The summed E-state index contributed by atoms with van der Waals surface area (Å²) in [5, 5.41) is 9.08. The van der Waals surface area contributed by atoms with E-state index in [1.807, 2.05) is 18.2 Å². The molecule has 1 aromatic heterocycles. The molecule has 4 heteroatoms. The van der Waals surface area contributed by atoms with Gasteiger partial charge in [-0.1, -0.05) is 13.0 Å². The standard InChI is InChI=1S/C12H18N2O2/c1-2-11-9-16-7-6-14(11)12-5-3-4-10(8-15)13-12/h3-5,11,15H,2,6-9H2,1H3. The molecule has 0 spiro atoms. The van der Waals surface area contributed by atoms with Crippen LogP contribution in [-0.4, -0.2) is 35.9 Å². The number of aliphatic hydroxyl groups excluding tert-OH is 1. The fraction of sp³-hybridized carbons (Fsp3) is 0.583. The van der Waals surface area contributed by atoms with Crippen molar-refractivity contribution in [3.8, 4) is 0 Å². The highest BCUT2D eigenvalue weighted by atomic mass is 16.5. The van der Waals surface area contributed by atoms with Crippen LogP contribution in [0.25, 0.3) is 0 Å². The number of aliphatic hydroxyl groups is 1. The summed E-state index contributed by atoms with van der Waals surface area (Å²) in [5.74, 6) is 0.946. The molecule has 88 valence electrons. The monoisotopic (exact) mass is 222 g/mol. The Balaban J connectivity index is 2.20. The third-order valence-electron chi connectivity index (χ3n) is 2.95. The quantitative estimate of drug-likeness (QED) is 0.834. The molecule has 0 saturated carbocycles. The number of morpholine rings is 1. The normalized spacial score (nSPS) is 21.1. The summed E-state index contributed by atoms with van der Waals surface area (Å²) in [4.78, 5) is 6.70. The van der Waals surface area contributed by atoms with E-state index in [4.69, 9.17) is 9.84 Å². The first-order chi connectivity index (χ1) is 7.85. The zero-order valence-corrected chi connectivity index (χ0v) is 9.59. The Morgan fingerprint density at radius 2 is 2.44 bits per heavy atom. The molecule has 2 heterocycles. The van der Waals surface area contributed by atoms with E-state index in [1.54, 1.807) is 0 Å². The predicted molar refractivity (Wildman–Crippen MR) is 62.4 cm³/mol. The molecule has 1 fully saturated rings. The number of anilines is 1. The fourth-order valence-corrected chi connectivity index (χ4v) is 2.01. The second-order valence-electron chi connectivity index (χ2n) is 3.98. The summed E-state index contributed by atoms with van der Waals surface area (Å²) in [5.41, 5.74) is 0.721. The van der Waals surface area contributed by atoms with Crippen LogP contribution < -0.4 is 4.90 Å². The van der Waals surface area contributed by atoms with E-state index in [-0.39, 0.29) is 6.61 Å². The van der Waals surface area contributed by atoms with Gasteiger partial charge in [0.25, 0.3) is 0 Å². The highest BCUT2D eigenvalue weighted by Gasteiger charge is 2.22. The Kier molecular flexibility index (Phi) is 3.74. The molecular weight excluding hydrogens is 204 g/mol. The van der Waals surface area contributed by atoms with Crippen molar-refractivity contribution in [1.29, 1.82) is 0 Å². The lowest BCUT2D eigenvalue weighted by Crippen LogP contribution is -2.45. The van der Waals surface area contributed by atoms with E-state index >= 15 is 0 Å². The van der Waals surface area contributed by atoms with Crippen molar-refractivity contribution in [2.45, 2.75) is 26.0 Å². The molecule has 4 nitrogen and oxygen atoms in total. The van der Waals surface area contributed by atoms with Crippen LogP contribution in [0.1, 0.15) is 19.0 Å². The molecule has 0 bridgehead atoms. The summed E-state index contributed by atoms with van der Waals surface area (Å²) < 4.78 is 5.46. The molecule has 0 aromatic carbocycles. The van der Waals surface area contributed by atoms with Crippen molar-refractivity contribution in [2.75, 3.05) is 24.7 Å². The summed E-state index contributed by atoms with van der Waals surface area (Å²) >= 11 is 0. The van der Waals surface area contributed by atoms with Crippen LogP contribution in [0, 0.1) is 0 Å². The Bertz CT molecular complexity index is 344. The van der Waals surface area contributed by atoms with Gasteiger partial charge in [0.15, 0.2) is 0 Å². The van der Waals surface area contributed by atoms with Gasteiger partial charge in [0.05, 0.1) is 31.6 Å². The Morgan fingerprint density at radius 3 is 3.19 bits per heavy atom. The van der Waals surface area contributed by atoms with Gasteiger partial charge in [-0.2, -0.15) is 0 Å². The molecule has 2 rings (SSSR count). The average Bonchev–Trinajstić information content (AvgIpc) is 2.38. The minimum absolute atomic E-state index is 0.00499. The van der Waals surface area contributed by atoms with E-state index in [0.29, 0.717) is 6.04 Å². The molecular formula is C12H18N2O2. The van der Waals surface area contributed by atoms with Gasteiger partial charge < -0.3 is 14.7 Å². The number of ether oxygens (including phenoxy) is 1. The zero-order chi connectivity index (χ0) is 11.4. The Morgan fingerprint density at radius 1 is 1.56 bits per heavy atom. The maximum atomic E-state index is 9.08. The van der Waals surface area contributed by atoms with Gasteiger partial charge in [0, 0.05) is 6.54 Å². The van der Waals surface area contributed by atoms with Crippen LogP contribution in [0.5, 0.6) is 0 Å². The third-order valence-corrected chi connectivity index (χ3v) is 2.95. The van der Waals surface area contributed by atoms with Crippen molar-refractivity contribution in [3.63, 3.8) is 0 Å². The Hall–Kier alpha value is -1.13. The molecule has 1 unspecified atom stereocenters. The van der Waals surface area contributed by atoms with Crippen molar-refractivity contribution >= 4 is 5.82 Å². The molecule has 0 aliphatic carbocycles. The Labute approximate surface area is 95.9 Å². The number of pyridine rings is 1. The topological polar surface area (TPSA) is 45.6 Å². The molecule has 0 amide bonds. The lowest BCUT2D eigenvalue weighted by Gasteiger charge is -2.36. The molecule has 0 radical (unpaired) electrons. The first-order valence-corrected chi connectivity index (χ1v) is 5.76. The summed E-state index contributed by atoms with van der Waals surface area (Å²) in [7, 11) is 0. The minimum Gasteiger partial charge on any atom is -0.390 e. The van der Waals surface area contributed by atoms with Crippen molar-refractivity contribution in [3.05, 3.63) is 23.9 Å². The summed E-state index contributed by atoms with van der Waals surface area (Å²) in [6.07, 6.45) is 1.05. The number of nitrogens with zero attached hydrogens (tertiary/aromatic N) is 2. The number of hydrogen-bond acceptors (Lipinski definition) is 4. The third kappa shape index (κ3) is 2.33. The van der Waals surface area contributed by atoms with Gasteiger partial charge in [-0.25, -0.2) is 4.98 Å². The predicted octanol–water partition coefficient (Wildman–Crippen LogP) is 1.19. The van der Waals surface area contributed by atoms with Crippen molar-refractivity contribution in [1.82, 2.24) is 4.98 Å². The SMILES string of the molecule is CCC1COCCN1c1cccc(CO)n1. The number of rotatable bonds is 3. The molecule has 16 heavy (non-hydrogen) atoms. The minimum atomic E-state index is -0.00499. The lowest BCUT2D eigenvalue weighted by molar-refractivity contribution is 0.0925. The van der Waals surface area contributed by atoms with Crippen LogP contribution in [0.4, 0.5) is 5.82 Å². The van der Waals surface area contributed by atoms with E-state index in [0.717, 1.165) is 37.7 Å². The van der Waals surface area contributed by atoms with Gasteiger partial charge in [0.1, 0.15) is 5.82 Å². The highest BCUT2D eigenvalue weighted by molar-refractivity contribution is 5.41. The van der Waals surface area contributed by atoms with Crippen LogP contribution in [-0.2, 0) is 11.3 Å². The lowest BCUT2D eigenvalue weighted by atomic mass is 10.1. The van der Waals surface area contributed by atoms with E-state index < -0.39 is 0 Å². The van der Waals surface area contributed by atoms with Gasteiger partial charge >= 0.3 is 0 Å². The molecule has 1 aliphatic heterocycles. The molecule has 1 saturated heterocycles. The molecule has 1 atom stereocenters. The molecule has 1 N–H and O–H groups in total. The van der Waals surface area contributed by atoms with Crippen LogP contribution >= 0.6 is 0 Å². The first kappa shape index (κ1) is 11.4. The summed E-state index contributed by atoms with van der Waals surface area (Å²) in [6.45, 7) is 4.54. The molecule has 1 aliphatic rings. The number of hydrogen-bond donors (Lipinski definition) is 1. The average molecular weight is 222 g/mol. The maximum absolute atomic E-state index is 9.08. The number of aromatic nitrogens is 1. The van der Waals surface area contributed by atoms with Gasteiger partial charge in [-0.3, -0.25) is 0 Å². The fourth-order valence-electron chi connectivity index (χ4n) is 2.01. The second kappa shape index (κ2) is 5.27. The van der Waals surface area contributed by atoms with Crippen molar-refractivity contribution < 1.29 is 9.84 Å². The second-order valence-corrected chi connectivity index (χ2v) is 3.98. The van der Waals surface area contributed by atoms with Crippen molar-refractivity contribution in [2.24, 2.45) is 0 Å². The van der Waals surface area contributed by atoms with Gasteiger partial charge in [0.2, 0.25) is 0 Å². The van der Waals surface area contributed by atoms with E-state index in [2.05, 4.69) is 16.8 Å². The zero-order valence-electron chi connectivity index (χ0n) is 9.59. The smallest absolute Gasteiger partial charge is 0.129 e. The highest BCUT2D eigenvalue weighted by Crippen LogP contribution is 2.19. The van der Waals surface area contributed by atoms with Gasteiger partial charge in [-0.15, -0.1) is 0 Å². The first-order valence-electron chi connectivity index (χ1n) is 5.76. The van der Waals surface area contributed by atoms with Crippen LogP contribution in [0.15, 0.2) is 18.2 Å². The van der Waals surface area contributed by atoms with Gasteiger partial charge in [-0.05, 0) is 18.6 Å². The molecule has 1 aromatic rings. The maximum Gasteiger partial charge on any atom is 0.129 e. The van der Waals surface area contributed by atoms with E-state index in [1.165, 1.54) is 0 Å². The van der Waals surface area contributed by atoms with Crippen LogP contribution in [0.2, 0.25) is 0 Å².